The molecule has 1 heterocycles. The van der Waals surface area contributed by atoms with Crippen LogP contribution in [0.5, 0.6) is 0 Å². The molecule has 0 N–H and O–H groups in total. The Morgan fingerprint density at radius 3 is 2.36 bits per heavy atom. The fraction of sp³-hybridized carbons (Fsp3) is 0.211. The number of thioether (sulfide) groups is 1. The van der Waals surface area contributed by atoms with E-state index in [9.17, 15) is 4.79 Å². The first-order valence-corrected chi connectivity index (χ1v) is 8.65. The monoisotopic (exact) mass is 309 g/mol. The maximum Gasteiger partial charge on any atom is 0.194 e. The van der Waals surface area contributed by atoms with Crippen LogP contribution < -0.4 is 0 Å². The molecule has 0 spiro atoms. The van der Waals surface area contributed by atoms with E-state index < -0.39 is 0 Å². The molecule has 0 unspecified atom stereocenters. The summed E-state index contributed by atoms with van der Waals surface area (Å²) in [4.78, 5) is 16.3. The van der Waals surface area contributed by atoms with Gasteiger partial charge in [0.05, 0.1) is 0 Å². The van der Waals surface area contributed by atoms with Crippen LogP contribution in [0.1, 0.15) is 21.5 Å². The molecule has 2 nitrogen and oxygen atoms in total. The van der Waals surface area contributed by atoms with Crippen molar-refractivity contribution in [2.75, 3.05) is 19.3 Å². The molecule has 112 valence electrons. The second-order valence-corrected chi connectivity index (χ2v) is 6.20. The summed E-state index contributed by atoms with van der Waals surface area (Å²) >= 11 is 1.62. The summed E-state index contributed by atoms with van der Waals surface area (Å²) in [7, 11) is 0. The molecule has 2 aromatic rings. The van der Waals surface area contributed by atoms with Gasteiger partial charge in [0.2, 0.25) is 0 Å². The van der Waals surface area contributed by atoms with E-state index >= 15 is 0 Å². The van der Waals surface area contributed by atoms with E-state index in [0.29, 0.717) is 0 Å². The van der Waals surface area contributed by atoms with Gasteiger partial charge in [-0.25, -0.2) is 0 Å². The zero-order valence-corrected chi connectivity index (χ0v) is 13.5. The molecule has 0 amide bonds. The normalized spacial score (nSPS) is 14.4. The predicted molar refractivity (Wildman–Crippen MR) is 92.5 cm³/mol. The van der Waals surface area contributed by atoms with Gasteiger partial charge in [0.15, 0.2) is 5.78 Å². The number of nitrogens with zero attached hydrogens (tertiary/aromatic N) is 1. The first-order chi connectivity index (χ1) is 10.8. The van der Waals surface area contributed by atoms with Crippen LogP contribution in [0.25, 0.3) is 0 Å². The Morgan fingerprint density at radius 1 is 1.00 bits per heavy atom. The highest BCUT2D eigenvalue weighted by Gasteiger charge is 2.17. The first kappa shape index (κ1) is 15.1. The second kappa shape index (κ2) is 6.95. The van der Waals surface area contributed by atoms with Gasteiger partial charge in [-0.1, -0.05) is 48.6 Å². The SMILES string of the molecule is CSc1ccccc1C(=O)c1ccccc1CN1CC=CC1. The number of carbonyl (C=O) groups excluding carboxylic acids is 1. The molecular weight excluding hydrogens is 290 g/mol. The average Bonchev–Trinajstić information content (AvgIpc) is 3.08. The maximum atomic E-state index is 13.0. The van der Waals surface area contributed by atoms with Gasteiger partial charge in [-0.3, -0.25) is 9.69 Å². The molecule has 0 fully saturated rings. The van der Waals surface area contributed by atoms with Crippen molar-refractivity contribution < 1.29 is 4.79 Å². The van der Waals surface area contributed by atoms with Crippen molar-refractivity contribution in [1.82, 2.24) is 4.90 Å². The Balaban J connectivity index is 1.92. The van der Waals surface area contributed by atoms with E-state index in [0.717, 1.165) is 41.2 Å². The fourth-order valence-electron chi connectivity index (χ4n) is 2.75. The zero-order valence-electron chi connectivity index (χ0n) is 12.7. The van der Waals surface area contributed by atoms with Crippen molar-refractivity contribution in [2.45, 2.75) is 11.4 Å². The zero-order chi connectivity index (χ0) is 15.4. The number of hydrogen-bond acceptors (Lipinski definition) is 3. The van der Waals surface area contributed by atoms with Crippen LogP contribution in [0, 0.1) is 0 Å². The molecule has 0 aliphatic carbocycles. The molecule has 0 saturated carbocycles. The number of carbonyl (C=O) groups is 1. The quantitative estimate of drug-likeness (QED) is 0.473. The summed E-state index contributed by atoms with van der Waals surface area (Å²) in [5.41, 5.74) is 2.71. The van der Waals surface area contributed by atoms with E-state index in [1.54, 1.807) is 11.8 Å². The Kier molecular flexibility index (Phi) is 4.76. The van der Waals surface area contributed by atoms with Crippen LogP contribution in [0.4, 0.5) is 0 Å². The standard InChI is InChI=1S/C19H19NOS/c1-22-18-11-5-4-10-17(18)19(21)16-9-3-2-8-15(16)14-20-12-6-7-13-20/h2-11H,12-14H2,1H3. The van der Waals surface area contributed by atoms with E-state index in [1.807, 2.05) is 48.7 Å². The van der Waals surface area contributed by atoms with Crippen LogP contribution in [-0.2, 0) is 6.54 Å². The summed E-state index contributed by atoms with van der Waals surface area (Å²) in [6.07, 6.45) is 6.36. The molecule has 1 aliphatic heterocycles. The lowest BCUT2D eigenvalue weighted by Gasteiger charge is -2.17. The third kappa shape index (κ3) is 3.16. The van der Waals surface area contributed by atoms with Crippen molar-refractivity contribution in [2.24, 2.45) is 0 Å². The van der Waals surface area contributed by atoms with Gasteiger partial charge in [-0.15, -0.1) is 11.8 Å². The first-order valence-electron chi connectivity index (χ1n) is 7.42. The fourth-order valence-corrected chi connectivity index (χ4v) is 3.34. The van der Waals surface area contributed by atoms with Gasteiger partial charge in [0, 0.05) is 35.7 Å². The molecule has 22 heavy (non-hydrogen) atoms. The van der Waals surface area contributed by atoms with Crippen molar-refractivity contribution in [3.8, 4) is 0 Å². The Morgan fingerprint density at radius 2 is 1.64 bits per heavy atom. The largest absolute Gasteiger partial charge is 0.292 e. The second-order valence-electron chi connectivity index (χ2n) is 5.35. The van der Waals surface area contributed by atoms with Gasteiger partial charge in [-0.05, 0) is 24.0 Å². The lowest BCUT2D eigenvalue weighted by atomic mass is 9.98. The summed E-state index contributed by atoms with van der Waals surface area (Å²) in [6, 6.07) is 15.8. The lowest BCUT2D eigenvalue weighted by Crippen LogP contribution is -2.21. The Hall–Kier alpha value is -1.84. The summed E-state index contributed by atoms with van der Waals surface area (Å²) < 4.78 is 0. The topological polar surface area (TPSA) is 20.3 Å². The molecule has 0 atom stereocenters. The van der Waals surface area contributed by atoms with Gasteiger partial charge in [0.25, 0.3) is 0 Å². The summed E-state index contributed by atoms with van der Waals surface area (Å²) in [6.45, 7) is 2.74. The Bertz CT molecular complexity index is 700. The maximum absolute atomic E-state index is 13.0. The van der Waals surface area contributed by atoms with Gasteiger partial charge in [0.1, 0.15) is 0 Å². The van der Waals surface area contributed by atoms with E-state index in [-0.39, 0.29) is 5.78 Å². The van der Waals surface area contributed by atoms with Crippen LogP contribution in [0.15, 0.2) is 65.6 Å². The van der Waals surface area contributed by atoms with E-state index in [2.05, 4.69) is 23.1 Å². The molecule has 3 rings (SSSR count). The highest BCUT2D eigenvalue weighted by Crippen LogP contribution is 2.24. The van der Waals surface area contributed by atoms with Crippen LogP contribution >= 0.6 is 11.8 Å². The van der Waals surface area contributed by atoms with E-state index in [4.69, 9.17) is 0 Å². The third-order valence-corrected chi connectivity index (χ3v) is 4.70. The van der Waals surface area contributed by atoms with Crippen LogP contribution in [0.3, 0.4) is 0 Å². The predicted octanol–water partition coefficient (Wildman–Crippen LogP) is 4.01. The molecule has 0 aromatic heterocycles. The van der Waals surface area contributed by atoms with Gasteiger partial charge >= 0.3 is 0 Å². The van der Waals surface area contributed by atoms with Crippen molar-refractivity contribution in [1.29, 1.82) is 0 Å². The van der Waals surface area contributed by atoms with Crippen molar-refractivity contribution in [3.63, 3.8) is 0 Å². The van der Waals surface area contributed by atoms with E-state index in [1.165, 1.54) is 0 Å². The molecule has 2 aromatic carbocycles. The van der Waals surface area contributed by atoms with Crippen molar-refractivity contribution in [3.05, 3.63) is 77.4 Å². The van der Waals surface area contributed by atoms with Gasteiger partial charge < -0.3 is 0 Å². The van der Waals surface area contributed by atoms with Crippen LogP contribution in [0.2, 0.25) is 0 Å². The number of ketones is 1. The smallest absolute Gasteiger partial charge is 0.194 e. The molecule has 0 saturated heterocycles. The molecule has 1 aliphatic rings. The van der Waals surface area contributed by atoms with Crippen molar-refractivity contribution >= 4 is 17.5 Å². The lowest BCUT2D eigenvalue weighted by molar-refractivity contribution is 0.103. The molecule has 0 bridgehead atoms. The third-order valence-electron chi connectivity index (χ3n) is 3.90. The molecule has 3 heteroatoms. The Labute approximate surface area is 135 Å². The molecule has 0 radical (unpaired) electrons. The summed E-state index contributed by atoms with van der Waals surface area (Å²) in [5, 5.41) is 0. The average molecular weight is 309 g/mol. The highest BCUT2D eigenvalue weighted by molar-refractivity contribution is 7.98. The number of rotatable bonds is 5. The van der Waals surface area contributed by atoms with Crippen LogP contribution in [-0.4, -0.2) is 30.0 Å². The highest BCUT2D eigenvalue weighted by atomic mass is 32.2. The minimum absolute atomic E-state index is 0.118. The number of benzene rings is 2. The molecular formula is C19H19NOS. The number of hydrogen-bond donors (Lipinski definition) is 0. The minimum Gasteiger partial charge on any atom is -0.292 e. The minimum atomic E-state index is 0.118. The van der Waals surface area contributed by atoms with Gasteiger partial charge in [-0.2, -0.15) is 0 Å². The summed E-state index contributed by atoms with van der Waals surface area (Å²) in [5.74, 6) is 0.118.